The Morgan fingerprint density at radius 2 is 1.45 bits per heavy atom. The number of benzene rings is 2. The number of phenols is 2. The minimum absolute atomic E-state index is 0.0106. The molecule has 0 saturated heterocycles. The van der Waals surface area contributed by atoms with Crippen molar-refractivity contribution in [1.82, 2.24) is 0 Å². The number of carboxylic acids is 2. The van der Waals surface area contributed by atoms with Gasteiger partial charge in [0.1, 0.15) is 11.5 Å². The summed E-state index contributed by atoms with van der Waals surface area (Å²) in [6.07, 6.45) is -0.953. The zero-order chi connectivity index (χ0) is 21.6. The molecular weight excluding hydrogens is 384 g/mol. The number of aliphatic hydroxyl groups is 1. The summed E-state index contributed by atoms with van der Waals surface area (Å²) in [6.45, 7) is 0. The van der Waals surface area contributed by atoms with Crippen LogP contribution in [0.1, 0.15) is 11.1 Å². The molecule has 0 saturated carbocycles. The van der Waals surface area contributed by atoms with Gasteiger partial charge in [-0.05, 0) is 41.5 Å². The number of carbonyl (C=O) groups excluding carboxylic acids is 1. The Labute approximate surface area is 164 Å². The van der Waals surface area contributed by atoms with Gasteiger partial charge in [-0.25, -0.2) is 14.4 Å². The van der Waals surface area contributed by atoms with E-state index in [0.29, 0.717) is 5.56 Å². The number of carbonyl (C=O) groups is 3. The van der Waals surface area contributed by atoms with Crippen LogP contribution in [0.3, 0.4) is 0 Å². The van der Waals surface area contributed by atoms with Crippen LogP contribution in [0.2, 0.25) is 0 Å². The van der Waals surface area contributed by atoms with Crippen molar-refractivity contribution in [2.24, 2.45) is 0 Å². The third-order valence-corrected chi connectivity index (χ3v) is 3.98. The molecule has 2 aromatic rings. The van der Waals surface area contributed by atoms with Crippen LogP contribution in [0.4, 0.5) is 0 Å². The lowest BCUT2D eigenvalue weighted by Crippen LogP contribution is -2.56. The van der Waals surface area contributed by atoms with E-state index in [0.717, 1.165) is 6.08 Å². The molecule has 0 aliphatic rings. The second-order valence-electron chi connectivity index (χ2n) is 6.15. The van der Waals surface area contributed by atoms with Gasteiger partial charge in [0.25, 0.3) is 0 Å². The maximum atomic E-state index is 12.0. The van der Waals surface area contributed by atoms with E-state index in [9.17, 15) is 39.9 Å². The third-order valence-electron chi connectivity index (χ3n) is 3.98. The molecule has 0 spiro atoms. The van der Waals surface area contributed by atoms with Gasteiger partial charge in [-0.2, -0.15) is 0 Å². The van der Waals surface area contributed by atoms with E-state index in [1.165, 1.54) is 54.6 Å². The fourth-order valence-corrected chi connectivity index (χ4v) is 2.46. The van der Waals surface area contributed by atoms with Crippen LogP contribution < -0.4 is 0 Å². The summed E-state index contributed by atoms with van der Waals surface area (Å²) in [5.41, 5.74) is -2.26. The monoisotopic (exact) mass is 402 g/mol. The van der Waals surface area contributed by atoms with Crippen molar-refractivity contribution < 1.29 is 44.7 Å². The van der Waals surface area contributed by atoms with E-state index >= 15 is 0 Å². The molecule has 5 N–H and O–H groups in total. The van der Waals surface area contributed by atoms with Crippen molar-refractivity contribution in [2.75, 3.05) is 0 Å². The van der Waals surface area contributed by atoms with Crippen LogP contribution in [0.15, 0.2) is 54.6 Å². The Bertz CT molecular complexity index is 916. The summed E-state index contributed by atoms with van der Waals surface area (Å²) in [5.74, 6) is -5.02. The predicted molar refractivity (Wildman–Crippen MR) is 99.1 cm³/mol. The second kappa shape index (κ2) is 8.89. The third kappa shape index (κ3) is 5.56. The van der Waals surface area contributed by atoms with Crippen LogP contribution in [0, 0.1) is 0 Å². The first-order chi connectivity index (χ1) is 13.6. The molecule has 2 rings (SSSR count). The van der Waals surface area contributed by atoms with Gasteiger partial charge >= 0.3 is 17.9 Å². The lowest BCUT2D eigenvalue weighted by atomic mass is 9.88. The summed E-state index contributed by atoms with van der Waals surface area (Å²) in [6, 6.07) is 10.8. The SMILES string of the molecule is O=C(/C=C/c1ccc(O)cc1)O[C@@H](C(=O)O)[C@](O)(Cc1ccc(O)cc1)C(=O)O. The van der Waals surface area contributed by atoms with Crippen molar-refractivity contribution in [3.63, 3.8) is 0 Å². The Morgan fingerprint density at radius 3 is 1.93 bits per heavy atom. The fourth-order valence-electron chi connectivity index (χ4n) is 2.46. The lowest BCUT2D eigenvalue weighted by Gasteiger charge is -2.29. The molecule has 0 aromatic heterocycles. The van der Waals surface area contributed by atoms with Gasteiger partial charge in [0.15, 0.2) is 0 Å². The van der Waals surface area contributed by atoms with E-state index in [2.05, 4.69) is 0 Å². The highest BCUT2D eigenvalue weighted by Crippen LogP contribution is 2.23. The molecule has 2 atom stereocenters. The van der Waals surface area contributed by atoms with Gasteiger partial charge in [-0.1, -0.05) is 24.3 Å². The molecule has 9 heteroatoms. The first-order valence-electron chi connectivity index (χ1n) is 8.26. The average Bonchev–Trinajstić information content (AvgIpc) is 2.67. The van der Waals surface area contributed by atoms with Gasteiger partial charge in [0.05, 0.1) is 0 Å². The highest BCUT2D eigenvalue weighted by molar-refractivity contribution is 5.92. The minimum Gasteiger partial charge on any atom is -0.508 e. The second-order valence-corrected chi connectivity index (χ2v) is 6.15. The molecule has 0 bridgehead atoms. The van der Waals surface area contributed by atoms with E-state index in [1.54, 1.807) is 0 Å². The molecule has 2 aromatic carbocycles. The van der Waals surface area contributed by atoms with Crippen LogP contribution in [-0.2, 0) is 25.5 Å². The minimum atomic E-state index is -2.95. The molecule has 0 radical (unpaired) electrons. The summed E-state index contributed by atoms with van der Waals surface area (Å²) in [4.78, 5) is 35.2. The van der Waals surface area contributed by atoms with Crippen LogP contribution in [0.25, 0.3) is 6.08 Å². The number of rotatable bonds is 8. The van der Waals surface area contributed by atoms with Crippen molar-refractivity contribution in [2.45, 2.75) is 18.1 Å². The molecule has 0 fully saturated rings. The summed E-state index contributed by atoms with van der Waals surface area (Å²) >= 11 is 0. The van der Waals surface area contributed by atoms with Gasteiger partial charge in [-0.15, -0.1) is 0 Å². The largest absolute Gasteiger partial charge is 0.508 e. The lowest BCUT2D eigenvalue weighted by molar-refractivity contribution is -0.192. The number of aromatic hydroxyl groups is 2. The van der Waals surface area contributed by atoms with Gasteiger partial charge in [0.2, 0.25) is 11.7 Å². The predicted octanol–water partition coefficient (Wildman–Crippen LogP) is 1.17. The molecular formula is C20H18O9. The van der Waals surface area contributed by atoms with Crippen LogP contribution in [-0.4, -0.2) is 55.1 Å². The van der Waals surface area contributed by atoms with Crippen molar-refractivity contribution in [1.29, 1.82) is 0 Å². The van der Waals surface area contributed by atoms with Gasteiger partial charge < -0.3 is 30.3 Å². The number of hydrogen-bond acceptors (Lipinski definition) is 7. The van der Waals surface area contributed by atoms with Crippen molar-refractivity contribution in [3.05, 3.63) is 65.7 Å². The Hall–Kier alpha value is -3.85. The average molecular weight is 402 g/mol. The summed E-state index contributed by atoms with van der Waals surface area (Å²) in [7, 11) is 0. The number of aliphatic carboxylic acids is 2. The molecule has 0 aliphatic heterocycles. The number of ether oxygens (including phenoxy) is 1. The maximum absolute atomic E-state index is 12.0. The van der Waals surface area contributed by atoms with Crippen molar-refractivity contribution in [3.8, 4) is 11.5 Å². The van der Waals surface area contributed by atoms with Crippen LogP contribution in [0.5, 0.6) is 11.5 Å². The Balaban J connectivity index is 2.22. The first-order valence-corrected chi connectivity index (χ1v) is 8.26. The number of phenolic OH excluding ortho intramolecular Hbond substituents is 2. The zero-order valence-corrected chi connectivity index (χ0v) is 14.9. The summed E-state index contributed by atoms with van der Waals surface area (Å²) in [5, 5.41) is 47.8. The van der Waals surface area contributed by atoms with Crippen molar-refractivity contribution >= 4 is 24.0 Å². The van der Waals surface area contributed by atoms with Gasteiger partial charge in [-0.3, -0.25) is 0 Å². The number of hydrogen-bond donors (Lipinski definition) is 5. The first kappa shape index (κ1) is 21.5. The highest BCUT2D eigenvalue weighted by Gasteiger charge is 2.51. The molecule has 9 nitrogen and oxygen atoms in total. The Morgan fingerprint density at radius 1 is 0.931 bits per heavy atom. The van der Waals surface area contributed by atoms with E-state index in [4.69, 9.17) is 4.74 Å². The molecule has 152 valence electrons. The maximum Gasteiger partial charge on any atom is 0.348 e. The molecule has 29 heavy (non-hydrogen) atoms. The smallest absolute Gasteiger partial charge is 0.348 e. The fraction of sp³-hybridized carbons (Fsp3) is 0.150. The van der Waals surface area contributed by atoms with Crippen LogP contribution >= 0.6 is 0 Å². The van der Waals surface area contributed by atoms with E-state index < -0.39 is 36.0 Å². The molecule has 0 amide bonds. The number of esters is 1. The summed E-state index contributed by atoms with van der Waals surface area (Å²) < 4.78 is 4.72. The standard InChI is InChI=1S/C20H18O9/c21-14-6-1-12(2-7-14)5-10-16(23)29-17(18(24)25)20(28,19(26)27)11-13-3-8-15(22)9-4-13/h1-10,17,21-22,28H,11H2,(H,24,25)(H,26,27)/b10-5+/t17-,20+/m0/s1. The zero-order valence-electron chi connectivity index (χ0n) is 14.9. The Kier molecular flexibility index (Phi) is 6.58. The molecule has 0 unspecified atom stereocenters. The normalized spacial score (nSPS) is 14.1. The molecule has 0 heterocycles. The quantitative estimate of drug-likeness (QED) is 0.322. The van der Waals surface area contributed by atoms with E-state index in [-0.39, 0.29) is 17.1 Å². The number of carboxylic acid groups (broad SMARTS) is 2. The van der Waals surface area contributed by atoms with E-state index in [1.807, 2.05) is 0 Å². The molecule has 0 aliphatic carbocycles. The topological polar surface area (TPSA) is 162 Å². The van der Waals surface area contributed by atoms with Gasteiger partial charge in [0, 0.05) is 12.5 Å². The highest BCUT2D eigenvalue weighted by atomic mass is 16.6.